The van der Waals surface area contributed by atoms with Crippen molar-refractivity contribution in [3.05, 3.63) is 58.3 Å². The van der Waals surface area contributed by atoms with Crippen LogP contribution in [0.1, 0.15) is 25.5 Å². The van der Waals surface area contributed by atoms with Gasteiger partial charge in [-0.25, -0.2) is 9.18 Å². The van der Waals surface area contributed by atoms with Gasteiger partial charge in [0.15, 0.2) is 0 Å². The lowest BCUT2D eigenvalue weighted by Gasteiger charge is -2.19. The van der Waals surface area contributed by atoms with Gasteiger partial charge in [0.1, 0.15) is 5.82 Å². The standard InChI is InChI=1S/C17H18BrFN2O2/c1-3-23-17(22)21-15-9-8-12(18)10-16(15)20-11(2)13-6-4-5-7-14(13)19/h4-11,20H,3H2,1-2H3,(H,21,22). The van der Waals surface area contributed by atoms with Crippen molar-refractivity contribution in [2.45, 2.75) is 19.9 Å². The Kier molecular flexibility index (Phi) is 5.98. The second kappa shape index (κ2) is 7.97. The number of carbonyl (C=O) groups is 1. The zero-order valence-corrected chi connectivity index (χ0v) is 14.5. The van der Waals surface area contributed by atoms with Crippen LogP contribution in [0.15, 0.2) is 46.9 Å². The molecule has 1 atom stereocenters. The predicted molar refractivity (Wildman–Crippen MR) is 93.2 cm³/mol. The smallest absolute Gasteiger partial charge is 0.411 e. The van der Waals surface area contributed by atoms with Crippen LogP contribution in [0.5, 0.6) is 0 Å². The average Bonchev–Trinajstić information content (AvgIpc) is 2.50. The number of amides is 1. The van der Waals surface area contributed by atoms with Crippen molar-refractivity contribution in [3.63, 3.8) is 0 Å². The Labute approximate surface area is 143 Å². The summed E-state index contributed by atoms with van der Waals surface area (Å²) in [5.41, 5.74) is 1.78. The van der Waals surface area contributed by atoms with E-state index in [1.807, 2.05) is 13.0 Å². The Morgan fingerprint density at radius 1 is 1.26 bits per heavy atom. The molecule has 1 unspecified atom stereocenters. The van der Waals surface area contributed by atoms with E-state index >= 15 is 0 Å². The highest BCUT2D eigenvalue weighted by molar-refractivity contribution is 9.10. The highest BCUT2D eigenvalue weighted by Crippen LogP contribution is 2.30. The topological polar surface area (TPSA) is 50.4 Å². The van der Waals surface area contributed by atoms with Crippen LogP contribution in [0, 0.1) is 5.82 Å². The first-order valence-corrected chi connectivity index (χ1v) is 8.05. The quantitative estimate of drug-likeness (QED) is 0.736. The van der Waals surface area contributed by atoms with Crippen molar-refractivity contribution in [2.75, 3.05) is 17.2 Å². The van der Waals surface area contributed by atoms with Crippen molar-refractivity contribution in [1.82, 2.24) is 0 Å². The Hall–Kier alpha value is -2.08. The third kappa shape index (κ3) is 4.69. The minimum Gasteiger partial charge on any atom is -0.450 e. The zero-order valence-electron chi connectivity index (χ0n) is 12.9. The molecule has 0 aromatic heterocycles. The maximum Gasteiger partial charge on any atom is 0.411 e. The minimum absolute atomic E-state index is 0.270. The van der Waals surface area contributed by atoms with E-state index < -0.39 is 6.09 Å². The lowest BCUT2D eigenvalue weighted by molar-refractivity contribution is 0.168. The molecule has 1 amide bonds. The summed E-state index contributed by atoms with van der Waals surface area (Å²) in [6, 6.07) is 11.7. The highest BCUT2D eigenvalue weighted by atomic mass is 79.9. The lowest BCUT2D eigenvalue weighted by atomic mass is 10.1. The lowest BCUT2D eigenvalue weighted by Crippen LogP contribution is -2.16. The van der Waals surface area contributed by atoms with Gasteiger partial charge >= 0.3 is 6.09 Å². The summed E-state index contributed by atoms with van der Waals surface area (Å²) in [6.45, 7) is 3.88. The monoisotopic (exact) mass is 380 g/mol. The number of anilines is 2. The number of hydrogen-bond donors (Lipinski definition) is 2. The van der Waals surface area contributed by atoms with E-state index in [0.717, 1.165) is 4.47 Å². The molecule has 0 aliphatic heterocycles. The highest BCUT2D eigenvalue weighted by Gasteiger charge is 2.14. The summed E-state index contributed by atoms with van der Waals surface area (Å²) in [6.07, 6.45) is -0.531. The van der Waals surface area contributed by atoms with Crippen molar-refractivity contribution in [3.8, 4) is 0 Å². The molecule has 0 radical (unpaired) electrons. The molecule has 23 heavy (non-hydrogen) atoms. The Bertz CT molecular complexity index is 694. The fourth-order valence-corrected chi connectivity index (χ4v) is 2.52. The van der Waals surface area contributed by atoms with Gasteiger partial charge in [-0.1, -0.05) is 34.1 Å². The largest absolute Gasteiger partial charge is 0.450 e. The van der Waals surface area contributed by atoms with E-state index in [9.17, 15) is 9.18 Å². The van der Waals surface area contributed by atoms with E-state index in [1.54, 1.807) is 37.3 Å². The zero-order chi connectivity index (χ0) is 16.8. The molecule has 0 bridgehead atoms. The molecule has 2 aromatic carbocycles. The van der Waals surface area contributed by atoms with Crippen LogP contribution in [0.2, 0.25) is 0 Å². The molecule has 0 fully saturated rings. The fourth-order valence-electron chi connectivity index (χ4n) is 2.16. The van der Waals surface area contributed by atoms with Crippen LogP contribution in [-0.4, -0.2) is 12.7 Å². The maximum absolute atomic E-state index is 13.9. The van der Waals surface area contributed by atoms with Gasteiger partial charge in [-0.3, -0.25) is 5.32 Å². The van der Waals surface area contributed by atoms with Gasteiger partial charge in [-0.05, 0) is 38.1 Å². The molecule has 2 aromatic rings. The number of carbonyl (C=O) groups excluding carboxylic acids is 1. The molecule has 0 aliphatic rings. The summed E-state index contributed by atoms with van der Waals surface area (Å²) < 4.78 is 19.6. The Morgan fingerprint density at radius 3 is 2.70 bits per heavy atom. The third-order valence-electron chi connectivity index (χ3n) is 3.24. The van der Waals surface area contributed by atoms with E-state index in [2.05, 4.69) is 26.6 Å². The fraction of sp³-hybridized carbons (Fsp3) is 0.235. The van der Waals surface area contributed by atoms with Gasteiger partial charge in [0.2, 0.25) is 0 Å². The van der Waals surface area contributed by atoms with E-state index in [-0.39, 0.29) is 18.5 Å². The first-order chi connectivity index (χ1) is 11.0. The van der Waals surface area contributed by atoms with Crippen LogP contribution >= 0.6 is 15.9 Å². The molecule has 2 N–H and O–H groups in total. The molecular formula is C17H18BrFN2O2. The number of ether oxygens (including phenoxy) is 1. The average molecular weight is 381 g/mol. The van der Waals surface area contributed by atoms with E-state index in [4.69, 9.17) is 4.74 Å². The Morgan fingerprint density at radius 2 is 2.00 bits per heavy atom. The molecule has 122 valence electrons. The van der Waals surface area contributed by atoms with Crippen molar-refractivity contribution < 1.29 is 13.9 Å². The van der Waals surface area contributed by atoms with Gasteiger partial charge in [0.05, 0.1) is 24.0 Å². The molecule has 0 aliphatic carbocycles. The van der Waals surface area contributed by atoms with Crippen LogP contribution in [0.4, 0.5) is 20.6 Å². The molecule has 0 saturated carbocycles. The van der Waals surface area contributed by atoms with Gasteiger partial charge in [0, 0.05) is 10.0 Å². The van der Waals surface area contributed by atoms with Crippen molar-refractivity contribution in [2.24, 2.45) is 0 Å². The first kappa shape index (κ1) is 17.3. The van der Waals surface area contributed by atoms with Crippen LogP contribution < -0.4 is 10.6 Å². The number of nitrogens with one attached hydrogen (secondary N) is 2. The van der Waals surface area contributed by atoms with E-state index in [0.29, 0.717) is 16.9 Å². The Balaban J connectivity index is 2.22. The number of rotatable bonds is 5. The SMILES string of the molecule is CCOC(=O)Nc1ccc(Br)cc1NC(C)c1ccccc1F. The number of benzene rings is 2. The van der Waals surface area contributed by atoms with Gasteiger partial charge < -0.3 is 10.1 Å². The van der Waals surface area contributed by atoms with Crippen molar-refractivity contribution in [1.29, 1.82) is 0 Å². The summed E-state index contributed by atoms with van der Waals surface area (Å²) in [5.74, 6) is -0.276. The summed E-state index contributed by atoms with van der Waals surface area (Å²) in [7, 11) is 0. The molecule has 0 heterocycles. The van der Waals surface area contributed by atoms with Gasteiger partial charge in [-0.15, -0.1) is 0 Å². The molecular weight excluding hydrogens is 363 g/mol. The van der Waals surface area contributed by atoms with Gasteiger partial charge in [-0.2, -0.15) is 0 Å². The van der Waals surface area contributed by atoms with Crippen molar-refractivity contribution >= 4 is 33.4 Å². The molecule has 4 nitrogen and oxygen atoms in total. The molecule has 6 heteroatoms. The summed E-state index contributed by atoms with van der Waals surface area (Å²) >= 11 is 3.40. The van der Waals surface area contributed by atoms with Gasteiger partial charge in [0.25, 0.3) is 0 Å². The normalized spacial score (nSPS) is 11.7. The summed E-state index contributed by atoms with van der Waals surface area (Å²) in [5, 5.41) is 5.89. The van der Waals surface area contributed by atoms with E-state index in [1.165, 1.54) is 6.07 Å². The van der Waals surface area contributed by atoms with Crippen LogP contribution in [0.3, 0.4) is 0 Å². The third-order valence-corrected chi connectivity index (χ3v) is 3.73. The second-order valence-corrected chi connectivity index (χ2v) is 5.84. The number of halogens is 2. The molecule has 2 rings (SSSR count). The van der Waals surface area contributed by atoms with Crippen LogP contribution in [0.25, 0.3) is 0 Å². The summed E-state index contributed by atoms with van der Waals surface area (Å²) in [4.78, 5) is 11.6. The molecule has 0 saturated heterocycles. The minimum atomic E-state index is -0.531. The molecule has 0 spiro atoms. The predicted octanol–water partition coefficient (Wildman–Crippen LogP) is 5.33. The number of hydrogen-bond acceptors (Lipinski definition) is 3. The van der Waals surface area contributed by atoms with Crippen LogP contribution in [-0.2, 0) is 4.74 Å². The maximum atomic E-state index is 13.9. The first-order valence-electron chi connectivity index (χ1n) is 7.25. The second-order valence-electron chi connectivity index (χ2n) is 4.92.